The maximum Gasteiger partial charge on any atom is 0.237 e. The van der Waals surface area contributed by atoms with E-state index in [1.54, 1.807) is 12.3 Å². The van der Waals surface area contributed by atoms with Crippen molar-refractivity contribution in [2.24, 2.45) is 5.41 Å². The Morgan fingerprint density at radius 3 is 2.85 bits per heavy atom. The number of carbonyl (C=O) groups excluding carboxylic acids is 1. The number of aromatic nitrogens is 1. The third-order valence-electron chi connectivity index (χ3n) is 4.02. The maximum absolute atomic E-state index is 12.7. The van der Waals surface area contributed by atoms with E-state index >= 15 is 0 Å². The lowest BCUT2D eigenvalue weighted by Crippen LogP contribution is -2.44. The highest BCUT2D eigenvalue weighted by Crippen LogP contribution is 2.34. The molecule has 1 amide bonds. The molecule has 5 heteroatoms. The van der Waals surface area contributed by atoms with Gasteiger partial charge < -0.3 is 15.4 Å². The first-order valence-electron chi connectivity index (χ1n) is 7.32. The molecule has 1 aromatic heterocycles. The molecule has 0 bridgehead atoms. The Kier molecular flexibility index (Phi) is 4.95. The van der Waals surface area contributed by atoms with Crippen LogP contribution in [0.25, 0.3) is 0 Å². The number of anilines is 1. The lowest BCUT2D eigenvalue weighted by atomic mass is 9.76. The van der Waals surface area contributed by atoms with Gasteiger partial charge in [-0.3, -0.25) is 4.79 Å². The summed E-state index contributed by atoms with van der Waals surface area (Å²) in [6, 6.07) is 3.64. The van der Waals surface area contributed by atoms with Gasteiger partial charge in [-0.1, -0.05) is 6.92 Å². The van der Waals surface area contributed by atoms with Crippen molar-refractivity contribution in [2.75, 3.05) is 25.0 Å². The average molecular weight is 277 g/mol. The Bertz CT molecular complexity index is 456. The fourth-order valence-corrected chi connectivity index (χ4v) is 2.64. The van der Waals surface area contributed by atoms with Crippen LogP contribution in [0.4, 0.5) is 5.69 Å². The minimum absolute atomic E-state index is 0.0791. The highest BCUT2D eigenvalue weighted by molar-refractivity contribution is 5.96. The van der Waals surface area contributed by atoms with Gasteiger partial charge in [0.25, 0.3) is 0 Å². The van der Waals surface area contributed by atoms with Crippen LogP contribution < -0.4 is 15.4 Å². The lowest BCUT2D eigenvalue weighted by Gasteiger charge is -2.35. The standard InChI is InChI=1S/C15H23N3O2/c1-3-15(7-10-16-11-8-15)14(19)18-12-6-5-9-17-13(12)20-4-2/h5-6,9,16H,3-4,7-8,10-11H2,1-2H3,(H,18,19). The summed E-state index contributed by atoms with van der Waals surface area (Å²) in [4.78, 5) is 16.8. The molecule has 2 N–H and O–H groups in total. The molecule has 0 saturated carbocycles. The number of pyridine rings is 1. The Labute approximate surface area is 120 Å². The van der Waals surface area contributed by atoms with Crippen molar-refractivity contribution in [1.82, 2.24) is 10.3 Å². The van der Waals surface area contributed by atoms with E-state index in [0.29, 0.717) is 18.2 Å². The molecule has 0 unspecified atom stereocenters. The van der Waals surface area contributed by atoms with Crippen LogP contribution in [0.5, 0.6) is 5.88 Å². The number of ether oxygens (including phenoxy) is 1. The van der Waals surface area contributed by atoms with Crippen LogP contribution in [0.2, 0.25) is 0 Å². The van der Waals surface area contributed by atoms with Crippen molar-refractivity contribution < 1.29 is 9.53 Å². The summed E-state index contributed by atoms with van der Waals surface area (Å²) < 4.78 is 5.45. The molecule has 2 heterocycles. The molecule has 20 heavy (non-hydrogen) atoms. The highest BCUT2D eigenvalue weighted by Gasteiger charge is 2.38. The summed E-state index contributed by atoms with van der Waals surface area (Å²) in [5.74, 6) is 0.569. The monoisotopic (exact) mass is 277 g/mol. The van der Waals surface area contributed by atoms with Crippen LogP contribution in [-0.4, -0.2) is 30.6 Å². The van der Waals surface area contributed by atoms with E-state index in [0.717, 1.165) is 32.4 Å². The summed E-state index contributed by atoms with van der Waals surface area (Å²) in [6.07, 6.45) is 4.27. The number of hydrogen-bond donors (Lipinski definition) is 2. The van der Waals surface area contributed by atoms with Gasteiger partial charge in [0.05, 0.1) is 12.0 Å². The summed E-state index contributed by atoms with van der Waals surface area (Å²) in [5, 5.41) is 6.31. The van der Waals surface area contributed by atoms with Crippen LogP contribution in [0.1, 0.15) is 33.1 Å². The molecule has 1 aromatic rings. The molecule has 1 aliphatic rings. The number of hydrogen-bond acceptors (Lipinski definition) is 4. The zero-order valence-corrected chi connectivity index (χ0v) is 12.2. The first kappa shape index (κ1) is 14.8. The molecule has 0 spiro atoms. The van der Waals surface area contributed by atoms with Gasteiger partial charge in [0.2, 0.25) is 11.8 Å². The highest BCUT2D eigenvalue weighted by atomic mass is 16.5. The number of piperidine rings is 1. The van der Waals surface area contributed by atoms with Gasteiger partial charge in [0.15, 0.2) is 0 Å². The summed E-state index contributed by atoms with van der Waals surface area (Å²) in [7, 11) is 0. The summed E-state index contributed by atoms with van der Waals surface area (Å²) >= 11 is 0. The van der Waals surface area contributed by atoms with E-state index in [2.05, 4.69) is 22.5 Å². The third-order valence-corrected chi connectivity index (χ3v) is 4.02. The molecular weight excluding hydrogens is 254 g/mol. The number of amides is 1. The second-order valence-electron chi connectivity index (χ2n) is 5.13. The van der Waals surface area contributed by atoms with Crippen molar-refractivity contribution in [2.45, 2.75) is 33.1 Å². The summed E-state index contributed by atoms with van der Waals surface area (Å²) in [6.45, 7) is 6.31. The minimum atomic E-state index is -0.273. The van der Waals surface area contributed by atoms with Crippen LogP contribution in [0.15, 0.2) is 18.3 Å². The normalized spacial score (nSPS) is 17.5. The fourth-order valence-electron chi connectivity index (χ4n) is 2.64. The Morgan fingerprint density at radius 2 is 2.20 bits per heavy atom. The molecule has 0 aromatic carbocycles. The Hall–Kier alpha value is -1.62. The molecule has 5 nitrogen and oxygen atoms in total. The first-order chi connectivity index (χ1) is 9.72. The van der Waals surface area contributed by atoms with Crippen molar-refractivity contribution in [3.05, 3.63) is 18.3 Å². The molecule has 110 valence electrons. The fraction of sp³-hybridized carbons (Fsp3) is 0.600. The van der Waals surface area contributed by atoms with Gasteiger partial charge in [-0.25, -0.2) is 4.98 Å². The minimum Gasteiger partial charge on any atom is -0.476 e. The topological polar surface area (TPSA) is 63.2 Å². The van der Waals surface area contributed by atoms with Crippen molar-refractivity contribution in [1.29, 1.82) is 0 Å². The van der Waals surface area contributed by atoms with Gasteiger partial charge >= 0.3 is 0 Å². The number of rotatable bonds is 5. The van der Waals surface area contributed by atoms with Crippen LogP contribution in [-0.2, 0) is 4.79 Å². The lowest BCUT2D eigenvalue weighted by molar-refractivity contribution is -0.127. The molecule has 1 fully saturated rings. The van der Waals surface area contributed by atoms with E-state index < -0.39 is 0 Å². The molecule has 1 aliphatic heterocycles. The molecule has 0 atom stereocenters. The van der Waals surface area contributed by atoms with Gasteiger partial charge in [-0.05, 0) is 51.4 Å². The van der Waals surface area contributed by atoms with Crippen molar-refractivity contribution in [3.8, 4) is 5.88 Å². The molecule has 2 rings (SSSR count). The van der Waals surface area contributed by atoms with Gasteiger partial charge in [0, 0.05) is 6.20 Å². The quantitative estimate of drug-likeness (QED) is 0.866. The van der Waals surface area contributed by atoms with E-state index in [1.807, 2.05) is 13.0 Å². The molecule has 1 saturated heterocycles. The largest absolute Gasteiger partial charge is 0.476 e. The molecular formula is C15H23N3O2. The van der Waals surface area contributed by atoms with Crippen molar-refractivity contribution in [3.63, 3.8) is 0 Å². The van der Waals surface area contributed by atoms with Crippen molar-refractivity contribution >= 4 is 11.6 Å². The van der Waals surface area contributed by atoms with E-state index in [-0.39, 0.29) is 11.3 Å². The van der Waals surface area contributed by atoms with Crippen LogP contribution >= 0.6 is 0 Å². The van der Waals surface area contributed by atoms with Gasteiger partial charge in [0.1, 0.15) is 5.69 Å². The maximum atomic E-state index is 12.7. The Balaban J connectivity index is 2.14. The summed E-state index contributed by atoms with van der Waals surface area (Å²) in [5.41, 5.74) is 0.385. The second kappa shape index (κ2) is 6.70. The number of nitrogens with zero attached hydrogens (tertiary/aromatic N) is 1. The smallest absolute Gasteiger partial charge is 0.237 e. The molecule has 0 radical (unpaired) electrons. The number of nitrogens with one attached hydrogen (secondary N) is 2. The predicted molar refractivity (Wildman–Crippen MR) is 78.9 cm³/mol. The first-order valence-corrected chi connectivity index (χ1v) is 7.32. The zero-order chi connectivity index (χ0) is 14.4. The zero-order valence-electron chi connectivity index (χ0n) is 12.2. The van der Waals surface area contributed by atoms with Gasteiger partial charge in [-0.15, -0.1) is 0 Å². The van der Waals surface area contributed by atoms with E-state index in [4.69, 9.17) is 4.74 Å². The number of carbonyl (C=O) groups is 1. The second-order valence-corrected chi connectivity index (χ2v) is 5.13. The SMILES string of the molecule is CCOc1ncccc1NC(=O)C1(CC)CCNCC1. The Morgan fingerprint density at radius 1 is 1.45 bits per heavy atom. The van der Waals surface area contributed by atoms with E-state index in [1.165, 1.54) is 0 Å². The van der Waals surface area contributed by atoms with Crippen LogP contribution in [0, 0.1) is 5.41 Å². The predicted octanol–water partition coefficient (Wildman–Crippen LogP) is 2.20. The van der Waals surface area contributed by atoms with Gasteiger partial charge in [-0.2, -0.15) is 0 Å². The molecule has 0 aliphatic carbocycles. The third kappa shape index (κ3) is 3.10. The van der Waals surface area contributed by atoms with E-state index in [9.17, 15) is 4.79 Å². The average Bonchev–Trinajstić information content (AvgIpc) is 2.50. The van der Waals surface area contributed by atoms with Crippen LogP contribution in [0.3, 0.4) is 0 Å².